The van der Waals surface area contributed by atoms with Gasteiger partial charge in [0.25, 0.3) is 5.91 Å². The second kappa shape index (κ2) is 11.6. The Morgan fingerprint density at radius 2 is 1.89 bits per heavy atom. The number of methoxy groups -OCH3 is 2. The van der Waals surface area contributed by atoms with Gasteiger partial charge in [-0.25, -0.2) is 4.98 Å². The molecule has 4 rings (SSSR count). The summed E-state index contributed by atoms with van der Waals surface area (Å²) < 4.78 is 10.8. The van der Waals surface area contributed by atoms with Gasteiger partial charge in [-0.3, -0.25) is 9.69 Å². The maximum absolute atomic E-state index is 12.7. The molecule has 8 heteroatoms. The van der Waals surface area contributed by atoms with Gasteiger partial charge >= 0.3 is 0 Å². The minimum atomic E-state index is -0.134. The van der Waals surface area contributed by atoms with Crippen molar-refractivity contribution < 1.29 is 14.3 Å². The van der Waals surface area contributed by atoms with Crippen LogP contribution in [0.2, 0.25) is 5.02 Å². The summed E-state index contributed by atoms with van der Waals surface area (Å²) in [4.78, 5) is 22.1. The van der Waals surface area contributed by atoms with Gasteiger partial charge < -0.3 is 19.7 Å². The number of rotatable bonds is 8. The Hall–Kier alpha value is -3.29. The summed E-state index contributed by atoms with van der Waals surface area (Å²) >= 11 is 6.17. The number of benzene rings is 2. The predicted molar refractivity (Wildman–Crippen MR) is 143 cm³/mol. The van der Waals surface area contributed by atoms with Crippen LogP contribution in [0, 0.1) is 6.92 Å². The van der Waals surface area contributed by atoms with Crippen molar-refractivity contribution in [3.63, 3.8) is 0 Å². The van der Waals surface area contributed by atoms with Gasteiger partial charge in [0.05, 0.1) is 14.2 Å². The molecule has 1 saturated heterocycles. The highest BCUT2D eigenvalue weighted by molar-refractivity contribution is 6.31. The summed E-state index contributed by atoms with van der Waals surface area (Å²) in [5.41, 5.74) is 3.58. The van der Waals surface area contributed by atoms with Crippen molar-refractivity contribution in [2.45, 2.75) is 33.0 Å². The fourth-order valence-electron chi connectivity index (χ4n) is 4.61. The first kappa shape index (κ1) is 25.8. The number of amides is 1. The van der Waals surface area contributed by atoms with E-state index in [0.29, 0.717) is 23.2 Å². The van der Waals surface area contributed by atoms with Crippen LogP contribution in [0.15, 0.2) is 54.7 Å². The molecule has 0 saturated carbocycles. The summed E-state index contributed by atoms with van der Waals surface area (Å²) in [6.45, 7) is 8.07. The molecule has 2 aromatic carbocycles. The van der Waals surface area contributed by atoms with Crippen LogP contribution in [-0.2, 0) is 13.1 Å². The average Bonchev–Trinajstić information content (AvgIpc) is 2.89. The SMILES string of the molecule is COc1ccc(CN2CCN(c3cc(CNC(=O)c4cccc(Cl)c4C)ccn3)C(C)C2)cc1OC. The van der Waals surface area contributed by atoms with Crippen LogP contribution >= 0.6 is 11.6 Å². The summed E-state index contributed by atoms with van der Waals surface area (Å²) in [5.74, 6) is 2.29. The van der Waals surface area contributed by atoms with Crippen LogP contribution in [-0.4, -0.2) is 55.7 Å². The first-order valence-corrected chi connectivity index (χ1v) is 12.5. The third kappa shape index (κ3) is 5.91. The number of pyridine rings is 1. The molecule has 0 radical (unpaired) electrons. The van der Waals surface area contributed by atoms with Gasteiger partial charge in [0.2, 0.25) is 0 Å². The molecule has 0 bridgehead atoms. The summed E-state index contributed by atoms with van der Waals surface area (Å²) in [5, 5.41) is 3.60. The van der Waals surface area contributed by atoms with Gasteiger partial charge in [0, 0.05) is 55.5 Å². The number of anilines is 1. The molecule has 1 aromatic heterocycles. The first-order valence-electron chi connectivity index (χ1n) is 12.1. The second-order valence-electron chi connectivity index (χ2n) is 9.08. The highest BCUT2D eigenvalue weighted by Crippen LogP contribution is 2.29. The van der Waals surface area contributed by atoms with Crippen LogP contribution in [0.3, 0.4) is 0 Å². The van der Waals surface area contributed by atoms with E-state index in [2.05, 4.69) is 39.2 Å². The summed E-state index contributed by atoms with van der Waals surface area (Å²) in [6, 6.07) is 15.7. The second-order valence-corrected chi connectivity index (χ2v) is 9.49. The zero-order valence-electron chi connectivity index (χ0n) is 21.3. The molecule has 1 aliphatic rings. The van der Waals surface area contributed by atoms with E-state index in [1.165, 1.54) is 5.56 Å². The third-order valence-corrected chi connectivity index (χ3v) is 7.04. The number of nitrogens with one attached hydrogen (secondary N) is 1. The van der Waals surface area contributed by atoms with Gasteiger partial charge in [-0.15, -0.1) is 0 Å². The Morgan fingerprint density at radius 3 is 2.64 bits per heavy atom. The molecule has 3 aromatic rings. The van der Waals surface area contributed by atoms with E-state index in [1.54, 1.807) is 32.4 Å². The minimum absolute atomic E-state index is 0.134. The normalized spacial score (nSPS) is 16.0. The molecule has 1 amide bonds. The van der Waals surface area contributed by atoms with Gasteiger partial charge in [-0.05, 0) is 66.9 Å². The largest absolute Gasteiger partial charge is 0.493 e. The Balaban J connectivity index is 1.36. The number of aromatic nitrogens is 1. The molecule has 1 atom stereocenters. The molecule has 1 N–H and O–H groups in total. The van der Waals surface area contributed by atoms with E-state index in [4.69, 9.17) is 21.1 Å². The van der Waals surface area contributed by atoms with Crippen molar-refractivity contribution in [2.24, 2.45) is 0 Å². The molecule has 7 nitrogen and oxygen atoms in total. The van der Waals surface area contributed by atoms with Crippen LogP contribution in [0.25, 0.3) is 0 Å². The average molecular weight is 509 g/mol. The fraction of sp³-hybridized carbons (Fsp3) is 0.357. The number of carbonyl (C=O) groups excluding carboxylic acids is 1. The molecule has 36 heavy (non-hydrogen) atoms. The standard InChI is InChI=1S/C28H33ClN4O3/c1-19-17-32(18-22-8-9-25(35-3)26(14-22)36-4)12-13-33(19)27-15-21(10-11-30-27)16-31-28(34)23-6-5-7-24(29)20(23)2/h5-11,14-15,19H,12-13,16-18H2,1-4H3,(H,31,34). The van der Waals surface area contributed by atoms with Gasteiger partial charge in [-0.2, -0.15) is 0 Å². The number of nitrogens with zero attached hydrogens (tertiary/aromatic N) is 3. The zero-order valence-corrected chi connectivity index (χ0v) is 22.0. The number of carbonyl (C=O) groups is 1. The lowest BCUT2D eigenvalue weighted by Crippen LogP contribution is -2.51. The van der Waals surface area contributed by atoms with Crippen LogP contribution in [0.1, 0.15) is 34.0 Å². The van der Waals surface area contributed by atoms with E-state index < -0.39 is 0 Å². The van der Waals surface area contributed by atoms with Crippen molar-refractivity contribution in [3.05, 3.63) is 82.0 Å². The Bertz CT molecular complexity index is 1220. The third-order valence-electron chi connectivity index (χ3n) is 6.64. The van der Waals surface area contributed by atoms with Crippen molar-refractivity contribution in [2.75, 3.05) is 38.8 Å². The van der Waals surface area contributed by atoms with Crippen LogP contribution < -0.4 is 19.7 Å². The van der Waals surface area contributed by atoms with Crippen LogP contribution in [0.4, 0.5) is 5.82 Å². The molecule has 0 spiro atoms. The number of hydrogen-bond acceptors (Lipinski definition) is 6. The minimum Gasteiger partial charge on any atom is -0.493 e. The highest BCUT2D eigenvalue weighted by atomic mass is 35.5. The maximum Gasteiger partial charge on any atom is 0.251 e. The van der Waals surface area contributed by atoms with E-state index in [1.807, 2.05) is 31.3 Å². The molecule has 190 valence electrons. The topological polar surface area (TPSA) is 66.9 Å². The smallest absolute Gasteiger partial charge is 0.251 e. The number of halogens is 1. The van der Waals surface area contributed by atoms with Crippen molar-refractivity contribution in [3.8, 4) is 11.5 Å². The first-order chi connectivity index (χ1) is 17.4. The van der Waals surface area contributed by atoms with E-state index in [0.717, 1.165) is 54.6 Å². The highest BCUT2D eigenvalue weighted by Gasteiger charge is 2.25. The molecular formula is C28H33ClN4O3. The van der Waals surface area contributed by atoms with E-state index >= 15 is 0 Å². The predicted octanol–water partition coefficient (Wildman–Crippen LogP) is 4.70. The molecular weight excluding hydrogens is 476 g/mol. The molecule has 1 unspecified atom stereocenters. The quantitative estimate of drug-likeness (QED) is 0.475. The lowest BCUT2D eigenvalue weighted by molar-refractivity contribution is 0.0950. The fourth-order valence-corrected chi connectivity index (χ4v) is 4.79. The lowest BCUT2D eigenvalue weighted by Gasteiger charge is -2.40. The molecule has 0 aliphatic carbocycles. The zero-order chi connectivity index (χ0) is 25.7. The van der Waals surface area contributed by atoms with E-state index in [-0.39, 0.29) is 5.91 Å². The number of hydrogen-bond donors (Lipinski definition) is 1. The monoisotopic (exact) mass is 508 g/mol. The van der Waals surface area contributed by atoms with Gasteiger partial charge in [0.1, 0.15) is 5.82 Å². The van der Waals surface area contributed by atoms with E-state index in [9.17, 15) is 4.79 Å². The Kier molecular flexibility index (Phi) is 8.33. The summed E-state index contributed by atoms with van der Waals surface area (Å²) in [7, 11) is 3.31. The Morgan fingerprint density at radius 1 is 1.08 bits per heavy atom. The lowest BCUT2D eigenvalue weighted by atomic mass is 10.1. The van der Waals surface area contributed by atoms with Gasteiger partial charge in [-0.1, -0.05) is 23.7 Å². The van der Waals surface area contributed by atoms with Crippen LogP contribution in [0.5, 0.6) is 11.5 Å². The van der Waals surface area contributed by atoms with Crippen molar-refractivity contribution in [1.82, 2.24) is 15.2 Å². The van der Waals surface area contributed by atoms with Crippen molar-refractivity contribution >= 4 is 23.3 Å². The van der Waals surface area contributed by atoms with Gasteiger partial charge in [0.15, 0.2) is 11.5 Å². The molecule has 1 fully saturated rings. The summed E-state index contributed by atoms with van der Waals surface area (Å²) in [6.07, 6.45) is 1.81. The molecule has 1 aliphatic heterocycles. The molecule has 2 heterocycles. The van der Waals surface area contributed by atoms with Crippen molar-refractivity contribution in [1.29, 1.82) is 0 Å². The maximum atomic E-state index is 12.7. The number of piperazine rings is 1. The Labute approximate surface area is 218 Å². The number of ether oxygens (including phenoxy) is 2.